The number of benzene rings is 3. The molecule has 3 aromatic carbocycles. The van der Waals surface area contributed by atoms with E-state index < -0.39 is 16.1 Å². The second-order valence-electron chi connectivity index (χ2n) is 9.71. The molecule has 1 saturated carbocycles. The summed E-state index contributed by atoms with van der Waals surface area (Å²) in [7, 11) is -3.94. The van der Waals surface area contributed by atoms with Gasteiger partial charge in [-0.2, -0.15) is 0 Å². The lowest BCUT2D eigenvalue weighted by Crippen LogP contribution is -2.45. The monoisotopic (exact) mass is 533 g/mol. The van der Waals surface area contributed by atoms with Gasteiger partial charge in [0.1, 0.15) is 0 Å². The van der Waals surface area contributed by atoms with Crippen molar-refractivity contribution in [2.45, 2.75) is 61.8 Å². The van der Waals surface area contributed by atoms with Crippen molar-refractivity contribution in [2.75, 3.05) is 6.54 Å². The molecule has 200 valence electrons. The quantitative estimate of drug-likeness (QED) is 0.323. The number of rotatable bonds is 10. The number of urea groups is 1. The molecule has 3 amide bonds. The molecule has 8 heteroatoms. The van der Waals surface area contributed by atoms with Gasteiger partial charge in [0.15, 0.2) is 0 Å². The summed E-state index contributed by atoms with van der Waals surface area (Å²) in [5.41, 5.74) is 2.83. The van der Waals surface area contributed by atoms with Gasteiger partial charge in [0.05, 0.1) is 10.8 Å². The standard InChI is InChI=1S/C30H35N3O4S/c34-29(28(24-12-4-1-5-13-24)25-14-6-2-7-15-25)31-22-10-11-23-18-20-27(21-19-23)38(36,37)33-30(35)32-26-16-8-3-9-17-26/h1-2,4-7,12-15,18-21,26,28H,3,8-11,16-17,22H2,(H,31,34)(H2,32,33,35). The number of hydrogen-bond acceptors (Lipinski definition) is 4. The van der Waals surface area contributed by atoms with Gasteiger partial charge in [-0.05, 0) is 54.5 Å². The topological polar surface area (TPSA) is 104 Å². The SMILES string of the molecule is O=C(NC1CCCCC1)NS(=O)(=O)c1ccc(CCCNC(=O)C(c2ccccc2)c2ccccc2)cc1. The predicted octanol–water partition coefficient (Wildman–Crippen LogP) is 4.89. The summed E-state index contributed by atoms with van der Waals surface area (Å²) >= 11 is 0. The van der Waals surface area contributed by atoms with E-state index in [-0.39, 0.29) is 22.8 Å². The fourth-order valence-corrected chi connectivity index (χ4v) is 5.79. The minimum absolute atomic E-state index is 0.0254. The molecule has 0 unspecified atom stereocenters. The first kappa shape index (κ1) is 27.4. The molecule has 0 bridgehead atoms. The largest absolute Gasteiger partial charge is 0.355 e. The number of aryl methyl sites for hydroxylation is 1. The van der Waals surface area contributed by atoms with Gasteiger partial charge in [-0.1, -0.05) is 92.1 Å². The Morgan fingerprint density at radius 2 is 1.37 bits per heavy atom. The van der Waals surface area contributed by atoms with E-state index in [0.717, 1.165) is 48.8 Å². The smallest absolute Gasteiger partial charge is 0.328 e. The van der Waals surface area contributed by atoms with Crippen molar-refractivity contribution in [1.29, 1.82) is 0 Å². The Labute approximate surface area is 225 Å². The fourth-order valence-electron chi connectivity index (χ4n) is 4.87. The Morgan fingerprint density at radius 1 is 0.789 bits per heavy atom. The lowest BCUT2D eigenvalue weighted by Gasteiger charge is -2.22. The minimum atomic E-state index is -3.94. The van der Waals surface area contributed by atoms with Crippen molar-refractivity contribution in [3.63, 3.8) is 0 Å². The predicted molar refractivity (Wildman–Crippen MR) is 148 cm³/mol. The normalized spacial score (nSPS) is 14.1. The van der Waals surface area contributed by atoms with Gasteiger partial charge in [0, 0.05) is 12.6 Å². The van der Waals surface area contributed by atoms with Crippen molar-refractivity contribution in [1.82, 2.24) is 15.4 Å². The van der Waals surface area contributed by atoms with E-state index >= 15 is 0 Å². The summed E-state index contributed by atoms with van der Waals surface area (Å²) in [6, 6.07) is 25.3. The zero-order chi connectivity index (χ0) is 26.8. The molecule has 0 spiro atoms. The molecule has 0 heterocycles. The Hall–Kier alpha value is -3.65. The third-order valence-corrected chi connectivity index (χ3v) is 8.22. The van der Waals surface area contributed by atoms with E-state index in [1.807, 2.05) is 60.7 Å². The third-order valence-electron chi connectivity index (χ3n) is 6.87. The number of carbonyl (C=O) groups excluding carboxylic acids is 2. The van der Waals surface area contributed by atoms with Crippen LogP contribution in [0, 0.1) is 0 Å². The summed E-state index contributed by atoms with van der Waals surface area (Å²) in [4.78, 5) is 25.3. The summed E-state index contributed by atoms with van der Waals surface area (Å²) in [6.07, 6.45) is 6.38. The summed E-state index contributed by atoms with van der Waals surface area (Å²) < 4.78 is 27.3. The average molecular weight is 534 g/mol. The molecule has 0 aromatic heterocycles. The molecule has 38 heavy (non-hydrogen) atoms. The van der Waals surface area contributed by atoms with Crippen LogP contribution in [0.4, 0.5) is 4.79 Å². The number of carbonyl (C=O) groups is 2. The highest BCUT2D eigenvalue weighted by atomic mass is 32.2. The summed E-state index contributed by atoms with van der Waals surface area (Å²) in [5.74, 6) is -0.439. The molecule has 1 fully saturated rings. The van der Waals surface area contributed by atoms with Gasteiger partial charge in [0.2, 0.25) is 5.91 Å². The number of sulfonamides is 1. The maximum absolute atomic E-state index is 13.1. The minimum Gasteiger partial charge on any atom is -0.355 e. The summed E-state index contributed by atoms with van der Waals surface area (Å²) in [6.45, 7) is 0.498. The maximum Gasteiger partial charge on any atom is 0.328 e. The molecular weight excluding hydrogens is 498 g/mol. The van der Waals surface area contributed by atoms with Crippen LogP contribution in [0.3, 0.4) is 0 Å². The first-order valence-electron chi connectivity index (χ1n) is 13.2. The first-order valence-corrected chi connectivity index (χ1v) is 14.7. The molecule has 1 aliphatic rings. The first-order chi connectivity index (χ1) is 18.4. The van der Waals surface area contributed by atoms with E-state index in [0.29, 0.717) is 19.4 Å². The highest BCUT2D eigenvalue weighted by Crippen LogP contribution is 2.24. The number of nitrogens with one attached hydrogen (secondary N) is 3. The Kier molecular flexibility index (Phi) is 9.54. The fraction of sp³-hybridized carbons (Fsp3) is 0.333. The van der Waals surface area contributed by atoms with Crippen LogP contribution >= 0.6 is 0 Å². The molecule has 4 rings (SSSR count). The Morgan fingerprint density at radius 3 is 1.95 bits per heavy atom. The van der Waals surface area contributed by atoms with E-state index in [9.17, 15) is 18.0 Å². The van der Waals surface area contributed by atoms with Crippen LogP contribution in [0.5, 0.6) is 0 Å². The van der Waals surface area contributed by atoms with Crippen molar-refractivity contribution < 1.29 is 18.0 Å². The Balaban J connectivity index is 1.27. The second-order valence-corrected chi connectivity index (χ2v) is 11.4. The van der Waals surface area contributed by atoms with Crippen LogP contribution in [0.2, 0.25) is 0 Å². The van der Waals surface area contributed by atoms with Crippen molar-refractivity contribution in [3.05, 3.63) is 102 Å². The van der Waals surface area contributed by atoms with Crippen LogP contribution in [-0.2, 0) is 21.2 Å². The van der Waals surface area contributed by atoms with Gasteiger partial charge in [-0.15, -0.1) is 0 Å². The molecular formula is C30H35N3O4S. The van der Waals surface area contributed by atoms with Gasteiger partial charge in [-0.25, -0.2) is 17.9 Å². The van der Waals surface area contributed by atoms with Crippen molar-refractivity contribution in [2.24, 2.45) is 0 Å². The van der Waals surface area contributed by atoms with Crippen LogP contribution in [0.25, 0.3) is 0 Å². The lowest BCUT2D eigenvalue weighted by atomic mass is 9.90. The van der Waals surface area contributed by atoms with E-state index in [1.54, 1.807) is 12.1 Å². The zero-order valence-electron chi connectivity index (χ0n) is 21.4. The molecule has 7 nitrogen and oxygen atoms in total. The van der Waals surface area contributed by atoms with Crippen molar-refractivity contribution >= 4 is 22.0 Å². The molecule has 3 N–H and O–H groups in total. The average Bonchev–Trinajstić information content (AvgIpc) is 2.93. The summed E-state index contributed by atoms with van der Waals surface area (Å²) in [5, 5.41) is 5.82. The molecule has 1 aliphatic carbocycles. The van der Waals surface area contributed by atoms with Gasteiger partial charge in [-0.3, -0.25) is 4.79 Å². The van der Waals surface area contributed by atoms with Crippen LogP contribution in [0.15, 0.2) is 89.8 Å². The Bertz CT molecular complexity index is 1250. The van der Waals surface area contributed by atoms with Gasteiger partial charge in [0.25, 0.3) is 10.0 Å². The van der Waals surface area contributed by atoms with E-state index in [1.165, 1.54) is 12.1 Å². The van der Waals surface area contributed by atoms with Crippen molar-refractivity contribution in [3.8, 4) is 0 Å². The van der Waals surface area contributed by atoms with E-state index in [2.05, 4.69) is 15.4 Å². The maximum atomic E-state index is 13.1. The lowest BCUT2D eigenvalue weighted by molar-refractivity contribution is -0.121. The second kappa shape index (κ2) is 13.2. The van der Waals surface area contributed by atoms with Crippen LogP contribution in [-0.4, -0.2) is 32.9 Å². The highest BCUT2D eigenvalue weighted by Gasteiger charge is 2.23. The van der Waals surface area contributed by atoms with Crippen LogP contribution < -0.4 is 15.4 Å². The molecule has 0 aliphatic heterocycles. The number of hydrogen-bond donors (Lipinski definition) is 3. The van der Waals surface area contributed by atoms with E-state index in [4.69, 9.17) is 0 Å². The van der Waals surface area contributed by atoms with Gasteiger partial charge < -0.3 is 10.6 Å². The molecule has 0 radical (unpaired) electrons. The third kappa shape index (κ3) is 7.68. The zero-order valence-corrected chi connectivity index (χ0v) is 22.3. The molecule has 0 saturated heterocycles. The number of amides is 3. The van der Waals surface area contributed by atoms with Gasteiger partial charge >= 0.3 is 6.03 Å². The highest BCUT2D eigenvalue weighted by molar-refractivity contribution is 7.90. The molecule has 3 aromatic rings. The molecule has 0 atom stereocenters. The van der Waals surface area contributed by atoms with Crippen LogP contribution in [0.1, 0.15) is 61.1 Å².